The molecule has 1 unspecified atom stereocenters. The lowest BCUT2D eigenvalue weighted by atomic mass is 9.90. The van der Waals surface area contributed by atoms with E-state index in [4.69, 9.17) is 4.42 Å². The second-order valence-corrected chi connectivity index (χ2v) is 7.53. The summed E-state index contributed by atoms with van der Waals surface area (Å²) in [5, 5.41) is 5.20. The number of rotatable bonds is 4. The number of furan rings is 1. The van der Waals surface area contributed by atoms with Crippen molar-refractivity contribution in [2.24, 2.45) is 0 Å². The molecule has 0 aliphatic heterocycles. The highest BCUT2D eigenvalue weighted by atomic mass is 16.3. The Morgan fingerprint density at radius 3 is 2.78 bits per heavy atom. The number of hydrogen-bond donors (Lipinski definition) is 2. The Morgan fingerprint density at radius 1 is 1.07 bits per heavy atom. The lowest BCUT2D eigenvalue weighted by Gasteiger charge is -2.27. The summed E-state index contributed by atoms with van der Waals surface area (Å²) in [6, 6.07) is 20.1. The minimum atomic E-state index is 0.329. The van der Waals surface area contributed by atoms with E-state index in [1.54, 1.807) is 6.26 Å². The Hall–Kier alpha value is -2.78. The van der Waals surface area contributed by atoms with Crippen LogP contribution in [0.2, 0.25) is 0 Å². The van der Waals surface area contributed by atoms with Crippen LogP contribution in [-0.4, -0.2) is 4.98 Å². The van der Waals surface area contributed by atoms with Crippen molar-refractivity contribution in [1.29, 1.82) is 0 Å². The number of aryl methyl sites for hydroxylation is 1. The third-order valence-electron chi connectivity index (χ3n) is 5.81. The molecule has 0 amide bonds. The van der Waals surface area contributed by atoms with E-state index in [-0.39, 0.29) is 0 Å². The number of hydrogen-bond acceptors (Lipinski definition) is 2. The summed E-state index contributed by atoms with van der Waals surface area (Å²) in [6.07, 6.45) is 7.08. The van der Waals surface area contributed by atoms with Gasteiger partial charge < -0.3 is 14.7 Å². The highest BCUT2D eigenvalue weighted by Gasteiger charge is 2.25. The fourth-order valence-corrected chi connectivity index (χ4v) is 4.38. The van der Waals surface area contributed by atoms with Crippen LogP contribution in [0.25, 0.3) is 22.0 Å². The van der Waals surface area contributed by atoms with Crippen LogP contribution in [0, 0.1) is 0 Å². The largest absolute Gasteiger partial charge is 0.472 e. The van der Waals surface area contributed by atoms with Gasteiger partial charge in [0.2, 0.25) is 0 Å². The van der Waals surface area contributed by atoms with Crippen LogP contribution in [0.15, 0.2) is 71.5 Å². The van der Waals surface area contributed by atoms with Gasteiger partial charge in [0, 0.05) is 34.2 Å². The normalized spacial score (nSPS) is 17.7. The molecule has 1 aliphatic rings. The van der Waals surface area contributed by atoms with Gasteiger partial charge in [0.05, 0.1) is 12.5 Å². The van der Waals surface area contributed by atoms with Crippen LogP contribution in [0.3, 0.4) is 0 Å². The van der Waals surface area contributed by atoms with E-state index in [1.165, 1.54) is 46.1 Å². The van der Waals surface area contributed by atoms with Crippen molar-refractivity contribution in [2.75, 3.05) is 0 Å². The summed E-state index contributed by atoms with van der Waals surface area (Å²) >= 11 is 0. The number of aromatic amines is 1. The Morgan fingerprint density at radius 2 is 1.96 bits per heavy atom. The first-order valence-electron chi connectivity index (χ1n) is 9.77. The Balaban J connectivity index is 1.49. The molecule has 2 heterocycles. The molecule has 4 aromatic rings. The van der Waals surface area contributed by atoms with Crippen LogP contribution in [0.5, 0.6) is 0 Å². The lowest BCUT2D eigenvalue weighted by molar-refractivity contribution is 0.410. The number of benzene rings is 2. The number of nitrogens with one attached hydrogen (secondary N) is 2. The molecule has 0 radical (unpaired) electrons. The van der Waals surface area contributed by atoms with E-state index in [0.717, 1.165) is 12.0 Å². The first-order chi connectivity index (χ1) is 13.3. The topological polar surface area (TPSA) is 41.0 Å². The van der Waals surface area contributed by atoms with E-state index >= 15 is 0 Å². The van der Waals surface area contributed by atoms with Crippen molar-refractivity contribution in [3.8, 4) is 11.1 Å². The van der Waals surface area contributed by atoms with E-state index < -0.39 is 0 Å². The van der Waals surface area contributed by atoms with Gasteiger partial charge in [-0.05, 0) is 61.1 Å². The van der Waals surface area contributed by atoms with Crippen LogP contribution < -0.4 is 5.32 Å². The zero-order chi connectivity index (χ0) is 18.2. The van der Waals surface area contributed by atoms with E-state index in [9.17, 15) is 0 Å². The Bertz CT molecular complexity index is 1050. The molecule has 2 aromatic heterocycles. The molecule has 1 aliphatic carbocycles. The fourth-order valence-electron chi connectivity index (χ4n) is 4.38. The molecule has 27 heavy (non-hydrogen) atoms. The van der Waals surface area contributed by atoms with Crippen molar-refractivity contribution < 1.29 is 4.42 Å². The molecule has 5 rings (SSSR count). The predicted molar refractivity (Wildman–Crippen MR) is 110 cm³/mol. The first-order valence-corrected chi connectivity index (χ1v) is 9.77. The van der Waals surface area contributed by atoms with Crippen LogP contribution in [-0.2, 0) is 6.42 Å². The molecule has 0 bridgehead atoms. The van der Waals surface area contributed by atoms with Gasteiger partial charge in [0.1, 0.15) is 0 Å². The third kappa shape index (κ3) is 2.98. The van der Waals surface area contributed by atoms with E-state index in [1.807, 2.05) is 12.3 Å². The summed E-state index contributed by atoms with van der Waals surface area (Å²) < 4.78 is 5.26. The van der Waals surface area contributed by atoms with Crippen molar-refractivity contribution in [1.82, 2.24) is 10.3 Å². The average Bonchev–Trinajstić information content (AvgIpc) is 3.37. The van der Waals surface area contributed by atoms with E-state index in [2.05, 4.69) is 65.8 Å². The smallest absolute Gasteiger partial charge is 0.0980 e. The molecule has 3 nitrogen and oxygen atoms in total. The summed E-state index contributed by atoms with van der Waals surface area (Å²) in [6.45, 7) is 2.25. The molecular weight excluding hydrogens is 332 g/mol. The molecule has 0 saturated carbocycles. The van der Waals surface area contributed by atoms with E-state index in [0.29, 0.717) is 12.1 Å². The maximum absolute atomic E-state index is 5.26. The van der Waals surface area contributed by atoms with Gasteiger partial charge in [-0.15, -0.1) is 0 Å². The summed E-state index contributed by atoms with van der Waals surface area (Å²) in [5.74, 6) is 0. The maximum atomic E-state index is 5.26. The number of fused-ring (bicyclic) bond motifs is 3. The van der Waals surface area contributed by atoms with Crippen molar-refractivity contribution in [3.63, 3.8) is 0 Å². The lowest BCUT2D eigenvalue weighted by Crippen LogP contribution is -2.27. The molecule has 2 aromatic carbocycles. The minimum Gasteiger partial charge on any atom is -0.472 e. The molecule has 3 heteroatoms. The zero-order valence-electron chi connectivity index (χ0n) is 15.5. The van der Waals surface area contributed by atoms with Gasteiger partial charge in [0.25, 0.3) is 0 Å². The second kappa shape index (κ2) is 6.75. The summed E-state index contributed by atoms with van der Waals surface area (Å²) in [4.78, 5) is 3.71. The monoisotopic (exact) mass is 356 g/mol. The first kappa shape index (κ1) is 16.4. The fraction of sp³-hybridized carbons (Fsp3) is 0.250. The highest BCUT2D eigenvalue weighted by Crippen LogP contribution is 2.37. The van der Waals surface area contributed by atoms with Gasteiger partial charge in [-0.1, -0.05) is 36.4 Å². The summed E-state index contributed by atoms with van der Waals surface area (Å²) in [7, 11) is 0. The summed E-state index contributed by atoms with van der Waals surface area (Å²) in [5.41, 5.74) is 7.75. The maximum Gasteiger partial charge on any atom is 0.0980 e. The standard InChI is InChI=1S/C24H24N2O/c1-16(17-6-3-2-4-7-17)25-23-9-5-8-20-21-14-18(19-12-13-27-15-19)10-11-22(21)26-24(20)23/h2-4,6-7,10-16,23,25-26H,5,8-9H2,1H3/t16-,23?/m1/s1. The molecule has 2 atom stereocenters. The SMILES string of the molecule is C[C@@H](NC1CCCc2c1[nH]c1ccc(-c3ccoc3)cc21)c1ccccc1. The molecular formula is C24H24N2O. The van der Waals surface area contributed by atoms with Gasteiger partial charge in [-0.3, -0.25) is 0 Å². The third-order valence-corrected chi connectivity index (χ3v) is 5.81. The average molecular weight is 356 g/mol. The molecule has 0 fully saturated rings. The van der Waals surface area contributed by atoms with Crippen molar-refractivity contribution in [3.05, 3.63) is 83.9 Å². The molecule has 2 N–H and O–H groups in total. The quantitative estimate of drug-likeness (QED) is 0.460. The Labute approximate surface area is 159 Å². The van der Waals surface area contributed by atoms with Gasteiger partial charge in [-0.25, -0.2) is 0 Å². The molecule has 0 saturated heterocycles. The van der Waals surface area contributed by atoms with Crippen LogP contribution in [0.1, 0.15) is 48.7 Å². The van der Waals surface area contributed by atoms with Gasteiger partial charge in [-0.2, -0.15) is 0 Å². The number of H-pyrrole nitrogens is 1. The molecule has 0 spiro atoms. The van der Waals surface area contributed by atoms with Gasteiger partial charge >= 0.3 is 0 Å². The van der Waals surface area contributed by atoms with Gasteiger partial charge in [0.15, 0.2) is 0 Å². The van der Waals surface area contributed by atoms with Crippen molar-refractivity contribution >= 4 is 10.9 Å². The van der Waals surface area contributed by atoms with Crippen LogP contribution >= 0.6 is 0 Å². The van der Waals surface area contributed by atoms with Crippen molar-refractivity contribution in [2.45, 2.75) is 38.3 Å². The predicted octanol–water partition coefficient (Wildman–Crippen LogP) is 6.16. The second-order valence-electron chi connectivity index (χ2n) is 7.53. The highest BCUT2D eigenvalue weighted by molar-refractivity contribution is 5.89. The minimum absolute atomic E-state index is 0.329. The zero-order valence-corrected chi connectivity index (χ0v) is 15.5. The Kier molecular flexibility index (Phi) is 4.10. The molecule has 136 valence electrons. The number of aromatic nitrogens is 1. The van der Waals surface area contributed by atoms with Crippen LogP contribution in [0.4, 0.5) is 0 Å².